The lowest BCUT2D eigenvalue weighted by Gasteiger charge is -2.18. The average Bonchev–Trinajstić information content (AvgIpc) is 3.14. The lowest BCUT2D eigenvalue weighted by atomic mass is 10.1. The van der Waals surface area contributed by atoms with E-state index < -0.39 is 17.8 Å². The second-order valence-electron chi connectivity index (χ2n) is 7.79. The molecule has 1 N–H and O–H groups in total. The number of para-hydroxylation sites is 2. The minimum Gasteiger partial charge on any atom is -0.478 e. The van der Waals surface area contributed by atoms with E-state index in [0.29, 0.717) is 28.6 Å². The Kier molecular flexibility index (Phi) is 5.64. The summed E-state index contributed by atoms with van der Waals surface area (Å²) in [6.45, 7) is 0. The molecule has 174 valence electrons. The number of hydrogen-bond donors (Lipinski definition) is 1. The molecule has 0 aromatic heterocycles. The molecule has 0 atom stereocenters. The Hall–Kier alpha value is -5.42. The van der Waals surface area contributed by atoms with Gasteiger partial charge in [0.05, 0.1) is 34.0 Å². The van der Waals surface area contributed by atoms with Gasteiger partial charge in [0.25, 0.3) is 11.8 Å². The summed E-state index contributed by atoms with van der Waals surface area (Å²) in [5.41, 5.74) is 1.27. The molecule has 2 amide bonds. The molecule has 1 heterocycles. The van der Waals surface area contributed by atoms with Crippen LogP contribution in [0.15, 0.2) is 91.0 Å². The van der Waals surface area contributed by atoms with Crippen LogP contribution in [0.5, 0.6) is 23.0 Å². The number of fused-ring (bicyclic) bond motifs is 1. The highest BCUT2D eigenvalue weighted by Crippen LogP contribution is 2.38. The lowest BCUT2D eigenvalue weighted by molar-refractivity contribution is 0.0696. The number of aromatic carboxylic acids is 1. The minimum absolute atomic E-state index is 0.120. The van der Waals surface area contributed by atoms with Crippen LogP contribution in [0.3, 0.4) is 0 Å². The van der Waals surface area contributed by atoms with Crippen LogP contribution in [0.1, 0.15) is 36.6 Å². The summed E-state index contributed by atoms with van der Waals surface area (Å²) in [6, 6.07) is 25.6. The summed E-state index contributed by atoms with van der Waals surface area (Å²) in [6.07, 6.45) is 0. The molecule has 5 rings (SSSR count). The van der Waals surface area contributed by atoms with Gasteiger partial charge in [0.2, 0.25) is 0 Å². The zero-order valence-electron chi connectivity index (χ0n) is 18.5. The number of nitriles is 1. The van der Waals surface area contributed by atoms with E-state index >= 15 is 0 Å². The fraction of sp³-hybridized carbons (Fsp3) is 0. The second kappa shape index (κ2) is 9.08. The van der Waals surface area contributed by atoms with Crippen LogP contribution in [0.25, 0.3) is 0 Å². The molecule has 0 aliphatic carbocycles. The van der Waals surface area contributed by atoms with Crippen molar-refractivity contribution in [1.82, 2.24) is 0 Å². The molecule has 0 fully saturated rings. The first-order chi connectivity index (χ1) is 17.4. The van der Waals surface area contributed by atoms with Crippen molar-refractivity contribution >= 4 is 23.5 Å². The maximum Gasteiger partial charge on any atom is 0.335 e. The monoisotopic (exact) mass is 476 g/mol. The second-order valence-corrected chi connectivity index (χ2v) is 7.79. The Bertz CT molecular complexity index is 1550. The number of anilines is 1. The third-order valence-electron chi connectivity index (χ3n) is 5.51. The van der Waals surface area contributed by atoms with E-state index in [1.165, 1.54) is 36.4 Å². The van der Waals surface area contributed by atoms with E-state index in [-0.39, 0.29) is 22.4 Å². The molecule has 8 nitrogen and oxygen atoms in total. The van der Waals surface area contributed by atoms with Gasteiger partial charge >= 0.3 is 5.97 Å². The summed E-state index contributed by atoms with van der Waals surface area (Å²) < 4.78 is 11.7. The largest absolute Gasteiger partial charge is 0.478 e. The van der Waals surface area contributed by atoms with Crippen LogP contribution in [0.2, 0.25) is 0 Å². The Morgan fingerprint density at radius 2 is 1.36 bits per heavy atom. The van der Waals surface area contributed by atoms with Crippen LogP contribution in [0, 0.1) is 11.3 Å². The van der Waals surface area contributed by atoms with Crippen LogP contribution in [-0.2, 0) is 0 Å². The van der Waals surface area contributed by atoms with Gasteiger partial charge in [-0.1, -0.05) is 12.1 Å². The number of carbonyl (C=O) groups is 3. The van der Waals surface area contributed by atoms with Gasteiger partial charge in [0.15, 0.2) is 5.75 Å². The van der Waals surface area contributed by atoms with Gasteiger partial charge in [0.1, 0.15) is 17.2 Å². The molecule has 4 aromatic carbocycles. The highest BCUT2D eigenvalue weighted by molar-refractivity contribution is 6.35. The molecule has 0 bridgehead atoms. The van der Waals surface area contributed by atoms with Crippen LogP contribution in [0.4, 0.5) is 5.69 Å². The maximum absolute atomic E-state index is 13.3. The molecule has 0 unspecified atom stereocenters. The van der Waals surface area contributed by atoms with Crippen molar-refractivity contribution in [2.75, 3.05) is 4.90 Å². The number of carboxylic acid groups (broad SMARTS) is 1. The number of ether oxygens (including phenoxy) is 2. The first-order valence-electron chi connectivity index (χ1n) is 10.8. The minimum atomic E-state index is -1.05. The molecule has 36 heavy (non-hydrogen) atoms. The number of carbonyl (C=O) groups excluding carboxylic acids is 2. The number of nitrogens with zero attached hydrogens (tertiary/aromatic N) is 2. The van der Waals surface area contributed by atoms with Gasteiger partial charge < -0.3 is 14.6 Å². The van der Waals surface area contributed by atoms with Crippen molar-refractivity contribution in [1.29, 1.82) is 5.26 Å². The number of amides is 2. The lowest BCUT2D eigenvalue weighted by Crippen LogP contribution is -2.29. The molecule has 0 radical (unpaired) electrons. The van der Waals surface area contributed by atoms with E-state index in [1.54, 1.807) is 54.6 Å². The zero-order chi connectivity index (χ0) is 25.2. The van der Waals surface area contributed by atoms with Crippen LogP contribution < -0.4 is 14.4 Å². The molecule has 8 heteroatoms. The van der Waals surface area contributed by atoms with Gasteiger partial charge in [-0.25, -0.2) is 9.69 Å². The van der Waals surface area contributed by atoms with E-state index in [1.807, 2.05) is 6.07 Å². The molecular formula is C28H16N2O6. The van der Waals surface area contributed by atoms with Gasteiger partial charge in [-0.2, -0.15) is 5.26 Å². The molecule has 1 aliphatic rings. The van der Waals surface area contributed by atoms with Crippen molar-refractivity contribution in [2.24, 2.45) is 0 Å². The topological polar surface area (TPSA) is 117 Å². The number of rotatable bonds is 6. The SMILES string of the molecule is N#Cc1ccc(Oc2ccccc2N2C(=O)c3ccc(Oc4ccc(C(=O)O)cc4)cc3C2=O)cc1. The summed E-state index contributed by atoms with van der Waals surface area (Å²) in [5.74, 6) is -0.626. The smallest absolute Gasteiger partial charge is 0.335 e. The third kappa shape index (κ3) is 4.13. The Balaban J connectivity index is 1.42. The molecule has 0 saturated carbocycles. The fourth-order valence-corrected chi connectivity index (χ4v) is 3.76. The first kappa shape index (κ1) is 22.4. The van der Waals surface area contributed by atoms with Gasteiger partial charge in [-0.05, 0) is 78.9 Å². The molecular weight excluding hydrogens is 460 g/mol. The molecule has 4 aromatic rings. The summed E-state index contributed by atoms with van der Waals surface area (Å²) in [7, 11) is 0. The Morgan fingerprint density at radius 1 is 0.750 bits per heavy atom. The summed E-state index contributed by atoms with van der Waals surface area (Å²) in [5, 5.41) is 18.0. The van der Waals surface area contributed by atoms with E-state index in [9.17, 15) is 14.4 Å². The number of benzene rings is 4. The van der Waals surface area contributed by atoms with E-state index in [2.05, 4.69) is 0 Å². The number of imide groups is 1. The van der Waals surface area contributed by atoms with Crippen molar-refractivity contribution in [3.8, 4) is 29.1 Å². The Morgan fingerprint density at radius 3 is 2.06 bits per heavy atom. The zero-order valence-corrected chi connectivity index (χ0v) is 18.5. The van der Waals surface area contributed by atoms with Crippen molar-refractivity contribution < 1.29 is 29.0 Å². The normalized spacial score (nSPS) is 12.1. The fourth-order valence-electron chi connectivity index (χ4n) is 3.76. The first-order valence-corrected chi connectivity index (χ1v) is 10.8. The highest BCUT2D eigenvalue weighted by atomic mass is 16.5. The number of hydrogen-bond acceptors (Lipinski definition) is 6. The van der Waals surface area contributed by atoms with E-state index in [4.69, 9.17) is 19.8 Å². The maximum atomic E-state index is 13.3. The van der Waals surface area contributed by atoms with Crippen molar-refractivity contribution in [3.63, 3.8) is 0 Å². The predicted molar refractivity (Wildman–Crippen MR) is 129 cm³/mol. The van der Waals surface area contributed by atoms with Crippen LogP contribution >= 0.6 is 0 Å². The average molecular weight is 476 g/mol. The van der Waals surface area contributed by atoms with Gasteiger partial charge in [-0.3, -0.25) is 9.59 Å². The summed E-state index contributed by atoms with van der Waals surface area (Å²) in [4.78, 5) is 38.6. The van der Waals surface area contributed by atoms with Crippen molar-refractivity contribution in [3.05, 3.63) is 113 Å². The van der Waals surface area contributed by atoms with Crippen LogP contribution in [-0.4, -0.2) is 22.9 Å². The van der Waals surface area contributed by atoms with Gasteiger partial charge in [0, 0.05) is 0 Å². The van der Waals surface area contributed by atoms with E-state index in [0.717, 1.165) is 4.90 Å². The van der Waals surface area contributed by atoms with Gasteiger partial charge in [-0.15, -0.1) is 0 Å². The molecule has 0 spiro atoms. The molecule has 0 saturated heterocycles. The quantitative estimate of drug-likeness (QED) is 0.358. The molecule has 1 aliphatic heterocycles. The summed E-state index contributed by atoms with van der Waals surface area (Å²) >= 11 is 0. The van der Waals surface area contributed by atoms with Crippen molar-refractivity contribution in [2.45, 2.75) is 0 Å². The standard InChI is InChI=1S/C28H16N2O6/c29-16-17-5-9-20(10-6-17)36-25-4-2-1-3-24(25)30-26(31)22-14-13-21(15-23(22)27(30)32)35-19-11-7-18(8-12-19)28(33)34/h1-15H,(H,33,34). The highest BCUT2D eigenvalue weighted by Gasteiger charge is 2.38. The third-order valence-corrected chi connectivity index (χ3v) is 5.51. The number of carboxylic acids is 1. The Labute approximate surface area is 205 Å². The predicted octanol–water partition coefficient (Wildman–Crippen LogP) is 5.64.